The largest absolute Gasteiger partial charge is 0.396 e. The van der Waals surface area contributed by atoms with Gasteiger partial charge in [-0.3, -0.25) is 0 Å². The fourth-order valence-corrected chi connectivity index (χ4v) is 0.981. The predicted molar refractivity (Wildman–Crippen MR) is 44.1 cm³/mol. The van der Waals surface area contributed by atoms with Gasteiger partial charge in [0.1, 0.15) is 0 Å². The molecule has 10 heavy (non-hydrogen) atoms. The van der Waals surface area contributed by atoms with Crippen LogP contribution in [0, 0.1) is 5.92 Å². The van der Waals surface area contributed by atoms with E-state index in [1.54, 1.807) is 11.3 Å². The molecule has 2 heteroatoms. The van der Waals surface area contributed by atoms with Gasteiger partial charge in [0.05, 0.1) is 0 Å². The summed E-state index contributed by atoms with van der Waals surface area (Å²) in [7, 11) is 0. The van der Waals surface area contributed by atoms with E-state index in [4.69, 9.17) is 5.11 Å². The van der Waals surface area contributed by atoms with Crippen molar-refractivity contribution < 1.29 is 5.11 Å². The molecule has 0 aromatic carbocycles. The SMILES string of the molecule is OCC1CC1.c1ccsc1. The molecule has 1 saturated carbocycles. The molecule has 1 N–H and O–H groups in total. The molecule has 2 rings (SSSR count). The molecule has 56 valence electrons. The Labute approximate surface area is 65.3 Å². The van der Waals surface area contributed by atoms with Crippen molar-refractivity contribution in [3.05, 3.63) is 22.9 Å². The van der Waals surface area contributed by atoms with Crippen LogP contribution in [0.25, 0.3) is 0 Å². The maximum absolute atomic E-state index is 8.21. The third-order valence-corrected chi connectivity index (χ3v) is 2.01. The summed E-state index contributed by atoms with van der Waals surface area (Å²) in [5, 5.41) is 12.3. The number of hydrogen-bond acceptors (Lipinski definition) is 2. The molecule has 0 unspecified atom stereocenters. The Morgan fingerprint density at radius 3 is 2.00 bits per heavy atom. The first kappa shape index (κ1) is 7.76. The first-order valence-corrected chi connectivity index (χ1v) is 4.46. The molecule has 1 nitrogen and oxygen atoms in total. The monoisotopic (exact) mass is 156 g/mol. The average molecular weight is 156 g/mol. The fourth-order valence-electron chi connectivity index (χ4n) is 0.527. The van der Waals surface area contributed by atoms with Crippen molar-refractivity contribution in [2.75, 3.05) is 6.61 Å². The van der Waals surface area contributed by atoms with Crippen LogP contribution in [0.2, 0.25) is 0 Å². The maximum atomic E-state index is 8.21. The van der Waals surface area contributed by atoms with Gasteiger partial charge in [-0.25, -0.2) is 0 Å². The van der Waals surface area contributed by atoms with Crippen LogP contribution >= 0.6 is 11.3 Å². The van der Waals surface area contributed by atoms with Crippen molar-refractivity contribution in [1.29, 1.82) is 0 Å². The van der Waals surface area contributed by atoms with Crippen molar-refractivity contribution in [2.45, 2.75) is 12.8 Å². The molecular formula is C8H12OS. The zero-order valence-electron chi connectivity index (χ0n) is 5.86. The third-order valence-electron chi connectivity index (χ3n) is 1.38. The molecule has 1 fully saturated rings. The Morgan fingerprint density at radius 1 is 1.30 bits per heavy atom. The van der Waals surface area contributed by atoms with Crippen LogP contribution in [0.3, 0.4) is 0 Å². The van der Waals surface area contributed by atoms with E-state index in [2.05, 4.69) is 0 Å². The van der Waals surface area contributed by atoms with Gasteiger partial charge in [0.2, 0.25) is 0 Å². The van der Waals surface area contributed by atoms with E-state index in [9.17, 15) is 0 Å². The summed E-state index contributed by atoms with van der Waals surface area (Å²) in [5.41, 5.74) is 0. The van der Waals surface area contributed by atoms with Crippen LogP contribution in [0.4, 0.5) is 0 Å². The summed E-state index contributed by atoms with van der Waals surface area (Å²) in [6.45, 7) is 0.417. The fraction of sp³-hybridized carbons (Fsp3) is 0.500. The summed E-state index contributed by atoms with van der Waals surface area (Å²) < 4.78 is 0. The zero-order valence-corrected chi connectivity index (χ0v) is 6.68. The van der Waals surface area contributed by atoms with Gasteiger partial charge in [0.25, 0.3) is 0 Å². The molecule has 0 atom stereocenters. The Bertz CT molecular complexity index is 127. The summed E-state index contributed by atoms with van der Waals surface area (Å²) >= 11 is 1.71. The van der Waals surface area contributed by atoms with E-state index in [1.807, 2.05) is 22.9 Å². The normalized spacial score (nSPS) is 15.7. The van der Waals surface area contributed by atoms with E-state index in [-0.39, 0.29) is 0 Å². The summed E-state index contributed by atoms with van der Waals surface area (Å²) in [5.74, 6) is 0.690. The molecule has 0 aliphatic heterocycles. The molecule has 1 aliphatic carbocycles. The molecule has 0 saturated heterocycles. The van der Waals surface area contributed by atoms with E-state index in [0.29, 0.717) is 12.5 Å². The molecule has 1 aromatic rings. The van der Waals surface area contributed by atoms with Gasteiger partial charge in [0.15, 0.2) is 0 Å². The molecular weight excluding hydrogens is 144 g/mol. The van der Waals surface area contributed by atoms with Crippen LogP contribution in [0.5, 0.6) is 0 Å². The minimum Gasteiger partial charge on any atom is -0.396 e. The van der Waals surface area contributed by atoms with E-state index >= 15 is 0 Å². The smallest absolute Gasteiger partial charge is 0.0459 e. The van der Waals surface area contributed by atoms with E-state index < -0.39 is 0 Å². The number of aliphatic hydroxyl groups is 1. The summed E-state index contributed by atoms with van der Waals surface area (Å²) in [6, 6.07) is 4.04. The topological polar surface area (TPSA) is 20.2 Å². The standard InChI is InChI=1S/C4H8O.C4H4S/c5-3-4-1-2-4;1-2-4-5-3-1/h4-5H,1-3H2;1-4H. The minimum absolute atomic E-state index is 0.417. The van der Waals surface area contributed by atoms with Gasteiger partial charge in [-0.15, -0.1) is 0 Å². The highest BCUT2D eigenvalue weighted by atomic mass is 32.1. The lowest BCUT2D eigenvalue weighted by molar-refractivity contribution is 0.277. The lowest BCUT2D eigenvalue weighted by Gasteiger charge is -1.73. The van der Waals surface area contributed by atoms with Crippen LogP contribution < -0.4 is 0 Å². The number of rotatable bonds is 1. The molecule has 0 amide bonds. The Kier molecular flexibility index (Phi) is 3.47. The second-order valence-electron chi connectivity index (χ2n) is 2.42. The van der Waals surface area contributed by atoms with Gasteiger partial charge in [-0.1, -0.05) is 12.1 Å². The highest BCUT2D eigenvalue weighted by Gasteiger charge is 2.18. The third kappa shape index (κ3) is 3.64. The molecule has 0 bridgehead atoms. The molecule has 0 spiro atoms. The predicted octanol–water partition coefficient (Wildman–Crippen LogP) is 2.14. The Balaban J connectivity index is 0.0000001000. The van der Waals surface area contributed by atoms with Crippen molar-refractivity contribution >= 4 is 11.3 Å². The minimum atomic E-state index is 0.417. The second kappa shape index (κ2) is 4.47. The number of thiophene rings is 1. The van der Waals surface area contributed by atoms with Crippen molar-refractivity contribution in [3.63, 3.8) is 0 Å². The number of hydrogen-bond donors (Lipinski definition) is 1. The summed E-state index contributed by atoms with van der Waals surface area (Å²) in [4.78, 5) is 0. The first-order chi connectivity index (χ1) is 4.93. The molecule has 1 aromatic heterocycles. The first-order valence-electron chi connectivity index (χ1n) is 3.51. The quantitative estimate of drug-likeness (QED) is 0.660. The molecule has 1 aliphatic rings. The van der Waals surface area contributed by atoms with Crippen LogP contribution in [0.15, 0.2) is 22.9 Å². The van der Waals surface area contributed by atoms with Gasteiger partial charge >= 0.3 is 0 Å². The summed E-state index contributed by atoms with van der Waals surface area (Å²) in [6.07, 6.45) is 2.52. The lowest BCUT2D eigenvalue weighted by Crippen LogP contribution is -1.78. The molecule has 0 radical (unpaired) electrons. The number of aliphatic hydroxyl groups excluding tert-OH is 1. The van der Waals surface area contributed by atoms with Crippen molar-refractivity contribution in [1.82, 2.24) is 0 Å². The highest BCUT2D eigenvalue weighted by molar-refractivity contribution is 7.07. The van der Waals surface area contributed by atoms with E-state index in [1.165, 1.54) is 12.8 Å². The van der Waals surface area contributed by atoms with Crippen LogP contribution in [-0.2, 0) is 0 Å². The van der Waals surface area contributed by atoms with Gasteiger partial charge in [-0.2, -0.15) is 11.3 Å². The van der Waals surface area contributed by atoms with Gasteiger partial charge in [-0.05, 0) is 29.5 Å². The van der Waals surface area contributed by atoms with Crippen LogP contribution in [-0.4, -0.2) is 11.7 Å². The zero-order chi connectivity index (χ0) is 7.23. The van der Waals surface area contributed by atoms with Crippen molar-refractivity contribution in [3.8, 4) is 0 Å². The highest BCUT2D eigenvalue weighted by Crippen LogP contribution is 2.27. The average Bonchev–Trinajstić information content (AvgIpc) is 2.63. The second-order valence-corrected chi connectivity index (χ2v) is 3.24. The van der Waals surface area contributed by atoms with Crippen molar-refractivity contribution in [2.24, 2.45) is 5.92 Å². The van der Waals surface area contributed by atoms with Gasteiger partial charge in [0, 0.05) is 6.61 Å². The van der Waals surface area contributed by atoms with Gasteiger partial charge < -0.3 is 5.11 Å². The van der Waals surface area contributed by atoms with E-state index in [0.717, 1.165) is 0 Å². The molecule has 1 heterocycles. The maximum Gasteiger partial charge on any atom is 0.0459 e. The Morgan fingerprint density at radius 2 is 1.90 bits per heavy atom. The lowest BCUT2D eigenvalue weighted by atomic mass is 10.5. The van der Waals surface area contributed by atoms with Crippen LogP contribution in [0.1, 0.15) is 12.8 Å². The Hall–Kier alpha value is -0.340.